The van der Waals surface area contributed by atoms with E-state index in [1.165, 1.54) is 22.3 Å². The molecule has 0 unspecified atom stereocenters. The van der Waals surface area contributed by atoms with Crippen molar-refractivity contribution in [2.75, 3.05) is 10.2 Å². The molecular weight excluding hydrogens is 737 g/mol. The molecule has 9 rings (SSSR count). The Kier molecular flexibility index (Phi) is 11.6. The monoisotopic (exact) mass is 782 g/mol. The molecule has 61 heavy (non-hydrogen) atoms. The summed E-state index contributed by atoms with van der Waals surface area (Å²) in [7, 11) is 0. The van der Waals surface area contributed by atoms with E-state index >= 15 is 0 Å². The molecule has 0 saturated carbocycles. The second kappa shape index (κ2) is 18.3. The fourth-order valence-corrected chi connectivity index (χ4v) is 8.02. The van der Waals surface area contributed by atoms with Gasteiger partial charge in [0.05, 0.1) is 5.70 Å². The summed E-state index contributed by atoms with van der Waals surface area (Å²) < 4.78 is 0. The highest BCUT2D eigenvalue weighted by Gasteiger charge is 2.26. The molecule has 0 aliphatic carbocycles. The molecule has 0 amide bonds. The number of nitrogens with zero attached hydrogens (tertiary/aromatic N) is 1. The summed E-state index contributed by atoms with van der Waals surface area (Å²) in [4.78, 5) is 2.41. The van der Waals surface area contributed by atoms with Gasteiger partial charge >= 0.3 is 0 Å². The van der Waals surface area contributed by atoms with Crippen molar-refractivity contribution >= 4 is 45.7 Å². The smallest absolute Gasteiger partial charge is 0.0618 e. The topological polar surface area (TPSA) is 15.3 Å². The van der Waals surface area contributed by atoms with Gasteiger partial charge in [-0.3, -0.25) is 0 Å². The van der Waals surface area contributed by atoms with E-state index in [2.05, 4.69) is 272 Å². The molecule has 1 N–H and O–H groups in total. The van der Waals surface area contributed by atoms with Crippen LogP contribution >= 0.6 is 0 Å². The minimum atomic E-state index is 1.02. The van der Waals surface area contributed by atoms with E-state index in [1.807, 2.05) is 0 Å². The van der Waals surface area contributed by atoms with Crippen LogP contribution in [0.15, 0.2) is 249 Å². The second-order valence-corrected chi connectivity index (χ2v) is 15.1. The van der Waals surface area contributed by atoms with Gasteiger partial charge in [0.25, 0.3) is 0 Å². The van der Waals surface area contributed by atoms with E-state index in [0.717, 1.165) is 67.4 Å². The molecule has 9 aromatic carbocycles. The quantitative estimate of drug-likeness (QED) is 0.124. The zero-order valence-corrected chi connectivity index (χ0v) is 34.2. The van der Waals surface area contributed by atoms with Gasteiger partial charge in [-0.15, -0.1) is 0 Å². The molecule has 0 aliphatic heterocycles. The molecule has 0 spiro atoms. The van der Waals surface area contributed by atoms with Crippen LogP contribution in [0.4, 0.5) is 22.7 Å². The van der Waals surface area contributed by atoms with Crippen LogP contribution in [0.25, 0.3) is 34.0 Å². The number of hydrogen-bond donors (Lipinski definition) is 1. The van der Waals surface area contributed by atoms with Crippen LogP contribution < -0.4 is 10.2 Å². The zero-order chi connectivity index (χ0) is 41.2. The van der Waals surface area contributed by atoms with Crippen molar-refractivity contribution in [2.24, 2.45) is 0 Å². The minimum Gasteiger partial charge on any atom is -0.355 e. The van der Waals surface area contributed by atoms with Crippen molar-refractivity contribution in [3.8, 4) is 11.1 Å². The fourth-order valence-electron chi connectivity index (χ4n) is 8.02. The molecule has 0 heterocycles. The van der Waals surface area contributed by atoms with Gasteiger partial charge in [0, 0.05) is 33.9 Å². The van der Waals surface area contributed by atoms with Gasteiger partial charge in [-0.05, 0) is 100.0 Å². The maximum absolute atomic E-state index is 3.86. The Balaban J connectivity index is 1.32. The molecule has 0 aromatic heterocycles. The molecule has 292 valence electrons. The van der Waals surface area contributed by atoms with Gasteiger partial charge in [0.15, 0.2) is 0 Å². The molecule has 2 nitrogen and oxygen atoms in total. The van der Waals surface area contributed by atoms with Gasteiger partial charge in [0.1, 0.15) is 0 Å². The summed E-state index contributed by atoms with van der Waals surface area (Å²) in [5.74, 6) is 0. The number of anilines is 4. The highest BCUT2D eigenvalue weighted by molar-refractivity contribution is 6.10. The lowest BCUT2D eigenvalue weighted by atomic mass is 9.85. The third kappa shape index (κ3) is 8.76. The third-order valence-corrected chi connectivity index (χ3v) is 10.9. The number of rotatable bonds is 12. The van der Waals surface area contributed by atoms with E-state index < -0.39 is 0 Å². The van der Waals surface area contributed by atoms with Gasteiger partial charge in [-0.1, -0.05) is 212 Å². The normalized spacial score (nSPS) is 11.3. The molecule has 9 aromatic rings. The Morgan fingerprint density at radius 2 is 0.869 bits per heavy atom. The minimum absolute atomic E-state index is 1.02. The lowest BCUT2D eigenvalue weighted by Crippen LogP contribution is -2.18. The van der Waals surface area contributed by atoms with E-state index in [4.69, 9.17) is 0 Å². The van der Waals surface area contributed by atoms with Crippen LogP contribution in [0.1, 0.15) is 38.9 Å². The highest BCUT2D eigenvalue weighted by atomic mass is 15.2. The van der Waals surface area contributed by atoms with Crippen LogP contribution in [-0.2, 0) is 0 Å². The van der Waals surface area contributed by atoms with Gasteiger partial charge in [-0.25, -0.2) is 0 Å². The molecule has 0 fully saturated rings. The Hall–Kier alpha value is -7.94. The number of benzene rings is 9. The average Bonchev–Trinajstić information content (AvgIpc) is 3.33. The number of aryl methyl sites for hydroxylation is 1. The van der Waals surface area contributed by atoms with Crippen LogP contribution in [0.3, 0.4) is 0 Å². The summed E-state index contributed by atoms with van der Waals surface area (Å²) in [5.41, 5.74) is 17.8. The van der Waals surface area contributed by atoms with Crippen molar-refractivity contribution < 1.29 is 0 Å². The number of nitrogens with one attached hydrogen (secondary N) is 1. The standard InChI is InChI=1S/C59H46N2/c1-44-35-41-51(42-36-44)60-56-34-20-33-54(57(56)49-39-37-45(38-40-49)43-55(46-21-8-2-9-22-46)47-23-10-3-11-24-47)58(48-25-12-4-13-26-48)59(50-27-14-5-15-28-50)61(52-29-16-6-17-30-52)53-31-18-7-19-32-53/h2-43,60H,1H3. The summed E-state index contributed by atoms with van der Waals surface area (Å²) in [6, 6.07) is 88.7. The van der Waals surface area contributed by atoms with E-state index in [0.29, 0.717) is 0 Å². The van der Waals surface area contributed by atoms with Crippen molar-refractivity contribution in [1.29, 1.82) is 0 Å². The predicted octanol–water partition coefficient (Wildman–Crippen LogP) is 15.7. The lowest BCUT2D eigenvalue weighted by molar-refractivity contribution is 1.29. The molecular formula is C59H46N2. The van der Waals surface area contributed by atoms with Gasteiger partial charge in [-0.2, -0.15) is 0 Å². The average molecular weight is 783 g/mol. The highest BCUT2D eigenvalue weighted by Crippen LogP contribution is 2.46. The maximum Gasteiger partial charge on any atom is 0.0618 e. The first kappa shape index (κ1) is 38.6. The maximum atomic E-state index is 3.86. The Labute approximate surface area is 360 Å². The first-order chi connectivity index (χ1) is 30.2. The van der Waals surface area contributed by atoms with E-state index in [1.54, 1.807) is 0 Å². The van der Waals surface area contributed by atoms with Gasteiger partial charge < -0.3 is 10.2 Å². The summed E-state index contributed by atoms with van der Waals surface area (Å²) in [5, 5.41) is 3.86. The summed E-state index contributed by atoms with van der Waals surface area (Å²) in [6.45, 7) is 2.13. The molecule has 0 aliphatic rings. The Bertz CT molecular complexity index is 2790. The molecule has 0 bridgehead atoms. The fraction of sp³-hybridized carbons (Fsp3) is 0.0169. The third-order valence-electron chi connectivity index (χ3n) is 10.9. The predicted molar refractivity (Wildman–Crippen MR) is 260 cm³/mol. The molecule has 0 atom stereocenters. The van der Waals surface area contributed by atoms with Crippen LogP contribution in [0.2, 0.25) is 0 Å². The van der Waals surface area contributed by atoms with Crippen molar-refractivity contribution in [1.82, 2.24) is 0 Å². The molecule has 0 radical (unpaired) electrons. The Morgan fingerprint density at radius 3 is 1.38 bits per heavy atom. The van der Waals surface area contributed by atoms with Crippen LogP contribution in [0, 0.1) is 6.92 Å². The van der Waals surface area contributed by atoms with E-state index in [9.17, 15) is 0 Å². The second-order valence-electron chi connectivity index (χ2n) is 15.1. The van der Waals surface area contributed by atoms with Crippen LogP contribution in [-0.4, -0.2) is 0 Å². The first-order valence-corrected chi connectivity index (χ1v) is 20.8. The van der Waals surface area contributed by atoms with E-state index in [-0.39, 0.29) is 0 Å². The molecule has 0 saturated heterocycles. The van der Waals surface area contributed by atoms with Crippen molar-refractivity contribution in [3.63, 3.8) is 0 Å². The lowest BCUT2D eigenvalue weighted by Gasteiger charge is -2.32. The first-order valence-electron chi connectivity index (χ1n) is 20.8. The van der Waals surface area contributed by atoms with Crippen molar-refractivity contribution in [3.05, 3.63) is 288 Å². The van der Waals surface area contributed by atoms with Crippen LogP contribution in [0.5, 0.6) is 0 Å². The summed E-state index contributed by atoms with van der Waals surface area (Å²) >= 11 is 0. The van der Waals surface area contributed by atoms with Gasteiger partial charge in [0.2, 0.25) is 0 Å². The number of hydrogen-bond acceptors (Lipinski definition) is 2. The largest absolute Gasteiger partial charge is 0.355 e. The SMILES string of the molecule is Cc1ccc(Nc2cccc(C(=C(c3ccccc3)N(c3ccccc3)c3ccccc3)c3ccccc3)c2-c2ccc(C=C(c3ccccc3)c3ccccc3)cc2)cc1. The van der Waals surface area contributed by atoms with Crippen molar-refractivity contribution in [2.45, 2.75) is 6.92 Å². The number of para-hydroxylation sites is 2. The zero-order valence-electron chi connectivity index (χ0n) is 34.2. The Morgan fingerprint density at radius 1 is 0.410 bits per heavy atom. The summed E-state index contributed by atoms with van der Waals surface area (Å²) in [6.07, 6.45) is 2.30. The molecule has 2 heteroatoms.